The van der Waals surface area contributed by atoms with Crippen molar-refractivity contribution in [1.29, 1.82) is 0 Å². The van der Waals surface area contributed by atoms with Gasteiger partial charge in [-0.2, -0.15) is 0 Å². The van der Waals surface area contributed by atoms with E-state index in [9.17, 15) is 4.79 Å². The molecule has 0 amide bonds. The van der Waals surface area contributed by atoms with Crippen LogP contribution in [-0.2, 0) is 14.4 Å². The van der Waals surface area contributed by atoms with Crippen molar-refractivity contribution in [2.24, 2.45) is 10.3 Å². The van der Waals surface area contributed by atoms with E-state index in [-0.39, 0.29) is 31.2 Å². The molecule has 0 aliphatic heterocycles. The molecule has 9 nitrogen and oxygen atoms in total. The summed E-state index contributed by atoms with van der Waals surface area (Å²) in [5, 5.41) is 8.79. The molecule has 0 aromatic carbocycles. The minimum absolute atomic E-state index is 0.0482. The lowest BCUT2D eigenvalue weighted by Crippen LogP contribution is -2.20. The molecular weight excluding hydrogens is 272 g/mol. The number of nitrogens with zero attached hydrogens (tertiary/aromatic N) is 5. The molecule has 0 saturated carbocycles. The first-order chi connectivity index (χ1) is 9.19. The summed E-state index contributed by atoms with van der Waals surface area (Å²) in [6.07, 6.45) is 0. The summed E-state index contributed by atoms with van der Waals surface area (Å²) in [6.45, 7) is 2.03. The molecule has 0 saturated heterocycles. The van der Waals surface area contributed by atoms with Crippen molar-refractivity contribution in [3.8, 4) is 0 Å². The number of esters is 1. The van der Waals surface area contributed by atoms with Crippen molar-refractivity contribution in [1.82, 2.24) is 4.98 Å². The standard InChI is InChI=1S/C9H12N6O3S/c1-2-17-8(16)7(6-5-19-9(10)13-6)14-18-4-3-12-15-11/h5H,2-4H2,1H3,(H2,10,13)/b14-7+. The number of oxime groups is 1. The highest BCUT2D eigenvalue weighted by molar-refractivity contribution is 7.13. The second-order valence-corrected chi connectivity index (χ2v) is 3.91. The van der Waals surface area contributed by atoms with E-state index in [1.54, 1.807) is 12.3 Å². The number of hydrogen-bond donors (Lipinski definition) is 1. The minimum Gasteiger partial charge on any atom is -0.461 e. The van der Waals surface area contributed by atoms with Crippen LogP contribution in [0.5, 0.6) is 0 Å². The van der Waals surface area contributed by atoms with Crippen molar-refractivity contribution in [2.45, 2.75) is 6.92 Å². The Labute approximate surface area is 112 Å². The highest BCUT2D eigenvalue weighted by atomic mass is 32.1. The highest BCUT2D eigenvalue weighted by Crippen LogP contribution is 2.13. The van der Waals surface area contributed by atoms with Crippen LogP contribution in [0.4, 0.5) is 5.13 Å². The number of carbonyl (C=O) groups is 1. The maximum absolute atomic E-state index is 11.7. The zero-order valence-corrected chi connectivity index (χ0v) is 11.0. The van der Waals surface area contributed by atoms with Gasteiger partial charge in [0, 0.05) is 10.3 Å². The third-order valence-electron chi connectivity index (χ3n) is 1.74. The van der Waals surface area contributed by atoms with Gasteiger partial charge in [-0.3, -0.25) is 0 Å². The van der Waals surface area contributed by atoms with E-state index >= 15 is 0 Å². The van der Waals surface area contributed by atoms with Crippen LogP contribution < -0.4 is 5.73 Å². The van der Waals surface area contributed by atoms with Gasteiger partial charge in [0.2, 0.25) is 5.71 Å². The molecule has 2 N–H and O–H groups in total. The van der Waals surface area contributed by atoms with Gasteiger partial charge in [-0.15, -0.1) is 11.3 Å². The second kappa shape index (κ2) is 7.90. The zero-order valence-electron chi connectivity index (χ0n) is 10.1. The van der Waals surface area contributed by atoms with E-state index in [2.05, 4.69) is 20.2 Å². The molecule has 1 aromatic heterocycles. The third kappa shape index (κ3) is 4.82. The normalized spacial score (nSPS) is 10.7. The fourth-order valence-corrected chi connectivity index (χ4v) is 1.57. The van der Waals surface area contributed by atoms with Gasteiger partial charge in [0.1, 0.15) is 12.3 Å². The molecule has 0 atom stereocenters. The predicted octanol–water partition coefficient (Wildman–Crippen LogP) is 1.32. The van der Waals surface area contributed by atoms with Gasteiger partial charge in [0.15, 0.2) is 5.13 Å². The van der Waals surface area contributed by atoms with Crippen LogP contribution in [0.3, 0.4) is 0 Å². The Balaban J connectivity index is 2.77. The molecule has 0 bridgehead atoms. The number of nitrogens with two attached hydrogens (primary N) is 1. The van der Waals surface area contributed by atoms with Crippen molar-refractivity contribution in [3.05, 3.63) is 21.5 Å². The van der Waals surface area contributed by atoms with E-state index in [4.69, 9.17) is 20.8 Å². The van der Waals surface area contributed by atoms with E-state index in [0.717, 1.165) is 0 Å². The van der Waals surface area contributed by atoms with E-state index in [0.29, 0.717) is 5.13 Å². The average molecular weight is 284 g/mol. The largest absolute Gasteiger partial charge is 0.461 e. The minimum atomic E-state index is -0.656. The summed E-state index contributed by atoms with van der Waals surface area (Å²) in [5.41, 5.74) is 13.8. The van der Waals surface area contributed by atoms with Crippen LogP contribution in [0.25, 0.3) is 10.4 Å². The average Bonchev–Trinajstić information content (AvgIpc) is 2.80. The number of carbonyl (C=O) groups excluding carboxylic acids is 1. The third-order valence-corrected chi connectivity index (χ3v) is 2.41. The summed E-state index contributed by atoms with van der Waals surface area (Å²) in [5.74, 6) is -0.656. The summed E-state index contributed by atoms with van der Waals surface area (Å²) >= 11 is 1.17. The maximum atomic E-state index is 11.7. The predicted molar refractivity (Wildman–Crippen MR) is 69.7 cm³/mol. The summed E-state index contributed by atoms with van der Waals surface area (Å²) in [7, 11) is 0. The summed E-state index contributed by atoms with van der Waals surface area (Å²) in [6, 6.07) is 0. The Morgan fingerprint density at radius 3 is 3.05 bits per heavy atom. The second-order valence-electron chi connectivity index (χ2n) is 3.02. The topological polar surface area (TPSA) is 136 Å². The SMILES string of the molecule is CCOC(=O)/C(=N/OCCN=[N+]=[N-])c1csc(N)n1. The maximum Gasteiger partial charge on any atom is 0.362 e. The molecule has 19 heavy (non-hydrogen) atoms. The number of aromatic nitrogens is 1. The van der Waals surface area contributed by atoms with Gasteiger partial charge >= 0.3 is 5.97 Å². The quantitative estimate of drug-likeness (QED) is 0.153. The van der Waals surface area contributed by atoms with E-state index < -0.39 is 5.97 Å². The Kier molecular flexibility index (Phi) is 6.13. The number of thiazole rings is 1. The number of anilines is 1. The number of hydrogen-bond acceptors (Lipinski definition) is 8. The Morgan fingerprint density at radius 1 is 1.68 bits per heavy atom. The first-order valence-corrected chi connectivity index (χ1v) is 6.16. The first kappa shape index (κ1) is 14.7. The fraction of sp³-hybridized carbons (Fsp3) is 0.444. The molecule has 1 rings (SSSR count). The van der Waals surface area contributed by atoms with Gasteiger partial charge in [0.25, 0.3) is 0 Å². The fourth-order valence-electron chi connectivity index (χ4n) is 1.02. The lowest BCUT2D eigenvalue weighted by atomic mass is 10.3. The molecule has 0 radical (unpaired) electrons. The molecule has 0 unspecified atom stereocenters. The zero-order chi connectivity index (χ0) is 14.1. The molecular formula is C9H12N6O3S. The molecule has 10 heteroatoms. The number of ether oxygens (including phenoxy) is 1. The molecule has 102 valence electrons. The molecule has 0 aliphatic carbocycles. The number of rotatable bonds is 7. The lowest BCUT2D eigenvalue weighted by Gasteiger charge is -2.03. The summed E-state index contributed by atoms with van der Waals surface area (Å²) in [4.78, 5) is 23.0. The van der Waals surface area contributed by atoms with E-state index in [1.807, 2.05) is 0 Å². The Hall–Kier alpha value is -2.32. The van der Waals surface area contributed by atoms with Gasteiger partial charge in [-0.1, -0.05) is 10.3 Å². The lowest BCUT2D eigenvalue weighted by molar-refractivity contribution is -0.135. The van der Waals surface area contributed by atoms with Gasteiger partial charge in [-0.25, -0.2) is 9.78 Å². The van der Waals surface area contributed by atoms with Gasteiger partial charge in [-0.05, 0) is 12.5 Å². The van der Waals surface area contributed by atoms with Crippen molar-refractivity contribution in [2.75, 3.05) is 25.5 Å². The van der Waals surface area contributed by atoms with Crippen LogP contribution in [0, 0.1) is 0 Å². The van der Waals surface area contributed by atoms with E-state index in [1.165, 1.54) is 11.3 Å². The van der Waals surface area contributed by atoms with Crippen molar-refractivity contribution >= 4 is 28.1 Å². The Morgan fingerprint density at radius 2 is 2.47 bits per heavy atom. The van der Waals surface area contributed by atoms with Gasteiger partial charge in [0.05, 0.1) is 13.2 Å². The van der Waals surface area contributed by atoms with Crippen LogP contribution in [-0.4, -0.2) is 36.4 Å². The molecule has 0 spiro atoms. The van der Waals surface area contributed by atoms with Crippen LogP contribution in [0.2, 0.25) is 0 Å². The summed E-state index contributed by atoms with van der Waals surface area (Å²) < 4.78 is 4.84. The van der Waals surface area contributed by atoms with Crippen LogP contribution >= 0.6 is 11.3 Å². The first-order valence-electron chi connectivity index (χ1n) is 5.28. The van der Waals surface area contributed by atoms with Crippen LogP contribution in [0.15, 0.2) is 15.7 Å². The monoisotopic (exact) mass is 284 g/mol. The highest BCUT2D eigenvalue weighted by Gasteiger charge is 2.19. The van der Waals surface area contributed by atoms with Gasteiger partial charge < -0.3 is 15.3 Å². The van der Waals surface area contributed by atoms with Crippen LogP contribution in [0.1, 0.15) is 12.6 Å². The van der Waals surface area contributed by atoms with Crippen molar-refractivity contribution < 1.29 is 14.4 Å². The number of azide groups is 1. The smallest absolute Gasteiger partial charge is 0.362 e. The molecule has 1 aromatic rings. The molecule has 1 heterocycles. The molecule has 0 aliphatic rings. The molecule has 0 fully saturated rings. The number of nitrogen functional groups attached to an aromatic ring is 1. The van der Waals surface area contributed by atoms with Crippen molar-refractivity contribution in [3.63, 3.8) is 0 Å². The Bertz CT molecular complexity index is 508.